The molecule has 4 N–H and O–H groups in total. The number of nitrogens with zero attached hydrogens (tertiary/aromatic N) is 3. The molecule has 0 saturated heterocycles. The van der Waals surface area contributed by atoms with Crippen LogP contribution in [0.25, 0.3) is 22.2 Å². The third-order valence-corrected chi connectivity index (χ3v) is 7.12. The summed E-state index contributed by atoms with van der Waals surface area (Å²) >= 11 is 6.47. The van der Waals surface area contributed by atoms with Crippen LogP contribution in [0.5, 0.6) is 0 Å². The molecule has 10 heteroatoms. The number of anilines is 2. The maximum Gasteiger partial charge on any atom is 0.251 e. The summed E-state index contributed by atoms with van der Waals surface area (Å²) < 4.78 is 0. The minimum absolute atomic E-state index is 0.0339. The quantitative estimate of drug-likeness (QED) is 0.213. The van der Waals surface area contributed by atoms with E-state index in [-0.39, 0.29) is 23.9 Å². The van der Waals surface area contributed by atoms with Gasteiger partial charge in [0, 0.05) is 58.6 Å². The van der Waals surface area contributed by atoms with E-state index in [2.05, 4.69) is 25.9 Å². The van der Waals surface area contributed by atoms with E-state index in [0.29, 0.717) is 34.5 Å². The average Bonchev–Trinajstić information content (AvgIpc) is 3.56. The molecule has 0 aliphatic heterocycles. The number of likely N-dealkylation sites (N-methyl/N-ethyl adjacent to an activating group) is 1. The molecule has 2 aromatic heterocycles. The molecule has 4 aromatic rings. The second-order valence-corrected chi connectivity index (χ2v) is 10.6. The summed E-state index contributed by atoms with van der Waals surface area (Å²) in [6, 6.07) is 15.1. The Morgan fingerprint density at radius 3 is 2.67 bits per heavy atom. The van der Waals surface area contributed by atoms with Crippen LogP contribution in [-0.2, 0) is 4.79 Å². The van der Waals surface area contributed by atoms with Crippen molar-refractivity contribution in [3.8, 4) is 11.3 Å². The van der Waals surface area contributed by atoms with Crippen molar-refractivity contribution < 1.29 is 9.59 Å². The number of aromatic nitrogens is 3. The van der Waals surface area contributed by atoms with E-state index < -0.39 is 0 Å². The monoisotopic (exact) mass is 557 g/mol. The standard InChI is InChI=1S/C30H32ClN7O2/c1-38(2)15-5-8-27(39)34-20-11-9-19(10-12-20)29(40)35-21-13-14-22(16-21)36-30-33-18-25(31)28(37-30)24-17-32-26-7-4-3-6-23(24)26/h3-12,17-18,21-22,32H,13-16H2,1-2H3,(H,34,39)(H,35,40)(H,33,36,37)/b8-5+/t21-,22?/m1/s1. The second kappa shape index (κ2) is 12.3. The fourth-order valence-electron chi connectivity index (χ4n) is 4.85. The summed E-state index contributed by atoms with van der Waals surface area (Å²) in [4.78, 5) is 39.2. The number of para-hydroxylation sites is 1. The number of hydrogen-bond donors (Lipinski definition) is 4. The molecule has 1 aliphatic carbocycles. The van der Waals surface area contributed by atoms with Gasteiger partial charge < -0.3 is 25.8 Å². The van der Waals surface area contributed by atoms with Crippen molar-refractivity contribution in [2.24, 2.45) is 0 Å². The summed E-state index contributed by atoms with van der Waals surface area (Å²) in [5.74, 6) is 0.163. The van der Waals surface area contributed by atoms with Crippen LogP contribution in [0.2, 0.25) is 5.02 Å². The Bertz CT molecular complexity index is 1530. The summed E-state index contributed by atoms with van der Waals surface area (Å²) in [5, 5.41) is 10.9. The molecule has 0 radical (unpaired) electrons. The predicted octanol–water partition coefficient (Wildman–Crippen LogP) is 5.10. The van der Waals surface area contributed by atoms with Crippen molar-refractivity contribution in [3.63, 3.8) is 0 Å². The van der Waals surface area contributed by atoms with Gasteiger partial charge in [0.25, 0.3) is 5.91 Å². The third kappa shape index (κ3) is 6.67. The topological polar surface area (TPSA) is 115 Å². The maximum atomic E-state index is 12.8. The zero-order valence-electron chi connectivity index (χ0n) is 22.4. The lowest BCUT2D eigenvalue weighted by atomic mass is 10.1. The van der Waals surface area contributed by atoms with Gasteiger partial charge in [0.1, 0.15) is 0 Å². The molecule has 0 spiro atoms. The van der Waals surface area contributed by atoms with Gasteiger partial charge in [-0.15, -0.1) is 0 Å². The van der Waals surface area contributed by atoms with Crippen LogP contribution in [0, 0.1) is 0 Å². The van der Waals surface area contributed by atoms with Crippen LogP contribution in [0.15, 0.2) is 73.1 Å². The van der Waals surface area contributed by atoms with Crippen molar-refractivity contribution in [1.29, 1.82) is 0 Å². The molecule has 1 fully saturated rings. The fourth-order valence-corrected chi connectivity index (χ4v) is 5.04. The van der Waals surface area contributed by atoms with Gasteiger partial charge in [0.15, 0.2) is 0 Å². The lowest BCUT2D eigenvalue weighted by molar-refractivity contribution is -0.111. The Hall–Kier alpha value is -4.21. The third-order valence-electron chi connectivity index (χ3n) is 6.84. The van der Waals surface area contributed by atoms with Crippen LogP contribution in [0.4, 0.5) is 11.6 Å². The molecule has 2 heterocycles. The summed E-state index contributed by atoms with van der Waals surface area (Å²) in [6.45, 7) is 0.683. The second-order valence-electron chi connectivity index (χ2n) is 10.2. The number of nitrogens with one attached hydrogen (secondary N) is 4. The molecule has 0 bridgehead atoms. The summed E-state index contributed by atoms with van der Waals surface area (Å²) in [7, 11) is 3.87. The maximum absolute atomic E-state index is 12.8. The van der Waals surface area contributed by atoms with E-state index in [0.717, 1.165) is 35.7 Å². The molecule has 2 atom stereocenters. The number of aromatic amines is 1. The van der Waals surface area contributed by atoms with Crippen molar-refractivity contribution >= 4 is 46.0 Å². The molecule has 5 rings (SSSR count). The number of carbonyl (C=O) groups excluding carboxylic acids is 2. The molecular weight excluding hydrogens is 526 g/mol. The molecule has 1 saturated carbocycles. The van der Waals surface area contributed by atoms with E-state index in [1.807, 2.05) is 49.5 Å². The van der Waals surface area contributed by atoms with Crippen molar-refractivity contribution in [3.05, 3.63) is 83.7 Å². The normalized spacial score (nSPS) is 17.0. The molecular formula is C30H32ClN7O2. The number of hydrogen-bond acceptors (Lipinski definition) is 6. The first-order chi connectivity index (χ1) is 19.4. The molecule has 206 valence electrons. The van der Waals surface area contributed by atoms with Crippen molar-refractivity contribution in [2.45, 2.75) is 31.3 Å². The Morgan fingerprint density at radius 2 is 1.88 bits per heavy atom. The Balaban J connectivity index is 1.15. The van der Waals surface area contributed by atoms with E-state index in [1.165, 1.54) is 6.08 Å². The van der Waals surface area contributed by atoms with Gasteiger partial charge in [0.05, 0.1) is 16.9 Å². The molecule has 1 aliphatic rings. The molecule has 2 aromatic carbocycles. The van der Waals surface area contributed by atoms with Crippen LogP contribution < -0.4 is 16.0 Å². The number of amides is 2. The highest BCUT2D eigenvalue weighted by Gasteiger charge is 2.27. The van der Waals surface area contributed by atoms with Crippen LogP contribution >= 0.6 is 11.6 Å². The van der Waals surface area contributed by atoms with Crippen LogP contribution in [0.1, 0.15) is 29.6 Å². The van der Waals surface area contributed by atoms with Crippen LogP contribution in [0.3, 0.4) is 0 Å². The Labute approximate surface area is 238 Å². The van der Waals surface area contributed by atoms with Gasteiger partial charge in [-0.1, -0.05) is 35.9 Å². The lowest BCUT2D eigenvalue weighted by Gasteiger charge is -2.15. The first kappa shape index (κ1) is 27.4. The Kier molecular flexibility index (Phi) is 8.42. The number of carbonyl (C=O) groups is 2. The molecule has 40 heavy (non-hydrogen) atoms. The first-order valence-electron chi connectivity index (χ1n) is 13.2. The lowest BCUT2D eigenvalue weighted by Crippen LogP contribution is -2.34. The van der Waals surface area contributed by atoms with Gasteiger partial charge in [-0.3, -0.25) is 9.59 Å². The highest BCUT2D eigenvalue weighted by molar-refractivity contribution is 6.33. The smallest absolute Gasteiger partial charge is 0.251 e. The number of H-pyrrole nitrogens is 1. The van der Waals surface area contributed by atoms with E-state index >= 15 is 0 Å². The van der Waals surface area contributed by atoms with Crippen molar-refractivity contribution in [1.82, 2.24) is 25.2 Å². The van der Waals surface area contributed by atoms with Gasteiger partial charge in [-0.2, -0.15) is 0 Å². The number of halogens is 1. The number of benzene rings is 2. The first-order valence-corrected chi connectivity index (χ1v) is 13.6. The van der Waals surface area contributed by atoms with Gasteiger partial charge >= 0.3 is 0 Å². The molecule has 9 nitrogen and oxygen atoms in total. The highest BCUT2D eigenvalue weighted by atomic mass is 35.5. The van der Waals surface area contributed by atoms with E-state index in [4.69, 9.17) is 16.6 Å². The highest BCUT2D eigenvalue weighted by Crippen LogP contribution is 2.33. The summed E-state index contributed by atoms with van der Waals surface area (Å²) in [5.41, 5.74) is 3.79. The minimum Gasteiger partial charge on any atom is -0.360 e. The van der Waals surface area contributed by atoms with E-state index in [1.54, 1.807) is 36.5 Å². The zero-order chi connectivity index (χ0) is 28.1. The molecule has 2 amide bonds. The van der Waals surface area contributed by atoms with Gasteiger partial charge in [-0.05, 0) is 63.7 Å². The number of rotatable bonds is 9. The van der Waals surface area contributed by atoms with Gasteiger partial charge in [0.2, 0.25) is 11.9 Å². The minimum atomic E-state index is -0.207. The summed E-state index contributed by atoms with van der Waals surface area (Å²) in [6.07, 6.45) is 9.31. The van der Waals surface area contributed by atoms with Crippen molar-refractivity contribution in [2.75, 3.05) is 31.3 Å². The van der Waals surface area contributed by atoms with Crippen LogP contribution in [-0.4, -0.2) is 64.4 Å². The SMILES string of the molecule is CN(C)C/C=C/C(=O)Nc1ccc(C(=O)N[C@@H]2CCC(Nc3ncc(Cl)c(-c4c[nH]c5ccccc45)n3)C2)cc1. The Morgan fingerprint density at radius 1 is 1.10 bits per heavy atom. The predicted molar refractivity (Wildman–Crippen MR) is 160 cm³/mol. The number of fused-ring (bicyclic) bond motifs is 1. The molecule has 1 unspecified atom stereocenters. The average molecular weight is 558 g/mol. The zero-order valence-corrected chi connectivity index (χ0v) is 23.2. The van der Waals surface area contributed by atoms with E-state index in [9.17, 15) is 9.59 Å². The van der Waals surface area contributed by atoms with Gasteiger partial charge in [-0.25, -0.2) is 9.97 Å². The largest absolute Gasteiger partial charge is 0.360 e. The fraction of sp³-hybridized carbons (Fsp3) is 0.267.